The Kier molecular flexibility index (Phi) is 4.76. The largest absolute Gasteiger partial charge is 0.370 e. The highest BCUT2D eigenvalue weighted by molar-refractivity contribution is 5.85. The van der Waals surface area contributed by atoms with Gasteiger partial charge in [-0.25, -0.2) is 0 Å². The predicted molar refractivity (Wildman–Crippen MR) is 45.9 cm³/mol. The molecule has 1 unspecified atom stereocenters. The standard InChI is InChI=1S/C8H14N2O2/c1-2-3-4-6(8(10)12)5-7(9)11/h3-4,6H,2,5H2,1H3,(H2,9,11)(H2,10,12)/b4-3+. The van der Waals surface area contributed by atoms with E-state index >= 15 is 0 Å². The summed E-state index contributed by atoms with van der Waals surface area (Å²) >= 11 is 0. The molecule has 0 aromatic heterocycles. The normalized spacial score (nSPS) is 13.1. The zero-order valence-electron chi connectivity index (χ0n) is 7.12. The average Bonchev–Trinajstić information content (AvgIpc) is 1.96. The highest BCUT2D eigenvalue weighted by Crippen LogP contribution is 2.03. The third-order valence-electron chi connectivity index (χ3n) is 1.39. The summed E-state index contributed by atoms with van der Waals surface area (Å²) in [5.41, 5.74) is 9.95. The van der Waals surface area contributed by atoms with Crippen LogP contribution in [0.4, 0.5) is 0 Å². The summed E-state index contributed by atoms with van der Waals surface area (Å²) in [5.74, 6) is -1.58. The van der Waals surface area contributed by atoms with E-state index in [-0.39, 0.29) is 6.42 Å². The second-order valence-corrected chi connectivity index (χ2v) is 2.52. The van der Waals surface area contributed by atoms with Gasteiger partial charge in [0.15, 0.2) is 0 Å². The molecule has 0 bridgehead atoms. The predicted octanol–water partition coefficient (Wildman–Crippen LogP) is -0.0705. The van der Waals surface area contributed by atoms with Crippen molar-refractivity contribution in [1.29, 1.82) is 0 Å². The Morgan fingerprint density at radius 2 is 2.00 bits per heavy atom. The lowest BCUT2D eigenvalue weighted by atomic mass is 10.0. The van der Waals surface area contributed by atoms with E-state index in [4.69, 9.17) is 11.5 Å². The van der Waals surface area contributed by atoms with E-state index < -0.39 is 17.7 Å². The van der Waals surface area contributed by atoms with Crippen LogP contribution >= 0.6 is 0 Å². The van der Waals surface area contributed by atoms with Crippen molar-refractivity contribution < 1.29 is 9.59 Å². The fraction of sp³-hybridized carbons (Fsp3) is 0.500. The number of allylic oxidation sites excluding steroid dienone is 1. The van der Waals surface area contributed by atoms with Crippen LogP contribution in [0.15, 0.2) is 12.2 Å². The van der Waals surface area contributed by atoms with Crippen LogP contribution in [-0.4, -0.2) is 11.8 Å². The molecule has 4 N–H and O–H groups in total. The van der Waals surface area contributed by atoms with E-state index in [0.717, 1.165) is 6.42 Å². The zero-order chi connectivity index (χ0) is 9.56. The Morgan fingerprint density at radius 3 is 2.33 bits per heavy atom. The van der Waals surface area contributed by atoms with Gasteiger partial charge in [0.05, 0.1) is 5.92 Å². The number of hydrogen-bond donors (Lipinski definition) is 2. The number of rotatable bonds is 5. The Balaban J connectivity index is 4.14. The van der Waals surface area contributed by atoms with Gasteiger partial charge in [-0.05, 0) is 6.42 Å². The maximum absolute atomic E-state index is 10.7. The first-order valence-corrected chi connectivity index (χ1v) is 3.82. The van der Waals surface area contributed by atoms with Crippen molar-refractivity contribution >= 4 is 11.8 Å². The van der Waals surface area contributed by atoms with Crippen LogP contribution in [0.3, 0.4) is 0 Å². The summed E-state index contributed by atoms with van der Waals surface area (Å²) in [5, 5.41) is 0. The van der Waals surface area contributed by atoms with Gasteiger partial charge in [0, 0.05) is 6.42 Å². The van der Waals surface area contributed by atoms with Crippen LogP contribution < -0.4 is 11.5 Å². The van der Waals surface area contributed by atoms with Crippen molar-refractivity contribution in [3.63, 3.8) is 0 Å². The Labute approximate surface area is 71.6 Å². The van der Waals surface area contributed by atoms with Gasteiger partial charge in [-0.2, -0.15) is 0 Å². The minimum atomic E-state index is -0.553. The Hall–Kier alpha value is -1.32. The molecule has 0 spiro atoms. The van der Waals surface area contributed by atoms with Gasteiger partial charge >= 0.3 is 0 Å². The summed E-state index contributed by atoms with van der Waals surface area (Å²) < 4.78 is 0. The molecule has 1 atom stereocenters. The first-order valence-electron chi connectivity index (χ1n) is 3.82. The molecule has 0 fully saturated rings. The molecule has 0 saturated heterocycles. The van der Waals surface area contributed by atoms with E-state index in [1.807, 2.05) is 6.92 Å². The molecular weight excluding hydrogens is 156 g/mol. The maximum atomic E-state index is 10.7. The van der Waals surface area contributed by atoms with Gasteiger partial charge in [0.2, 0.25) is 11.8 Å². The van der Waals surface area contributed by atoms with Crippen LogP contribution in [0.25, 0.3) is 0 Å². The summed E-state index contributed by atoms with van der Waals surface area (Å²) in [6, 6.07) is 0. The molecule has 0 radical (unpaired) electrons. The molecular formula is C8H14N2O2. The van der Waals surface area contributed by atoms with E-state index in [0.29, 0.717) is 0 Å². The van der Waals surface area contributed by atoms with Crippen molar-refractivity contribution in [2.45, 2.75) is 19.8 Å². The van der Waals surface area contributed by atoms with E-state index in [9.17, 15) is 9.59 Å². The number of nitrogens with two attached hydrogens (primary N) is 2. The van der Waals surface area contributed by atoms with Crippen molar-refractivity contribution in [2.24, 2.45) is 17.4 Å². The highest BCUT2D eigenvalue weighted by atomic mass is 16.2. The molecule has 0 saturated carbocycles. The lowest BCUT2D eigenvalue weighted by Crippen LogP contribution is -2.26. The lowest BCUT2D eigenvalue weighted by molar-refractivity contribution is -0.125. The minimum absolute atomic E-state index is 0.00810. The SMILES string of the molecule is CC/C=C/C(CC(N)=O)C(N)=O. The molecule has 12 heavy (non-hydrogen) atoms. The van der Waals surface area contributed by atoms with Gasteiger partial charge in [-0.1, -0.05) is 19.1 Å². The fourth-order valence-electron chi connectivity index (χ4n) is 0.781. The molecule has 0 heterocycles. The molecule has 0 aliphatic carbocycles. The quantitative estimate of drug-likeness (QED) is 0.566. The average molecular weight is 170 g/mol. The van der Waals surface area contributed by atoms with Crippen LogP contribution in [0.2, 0.25) is 0 Å². The summed E-state index contributed by atoms with van der Waals surface area (Å²) in [4.78, 5) is 21.2. The third-order valence-corrected chi connectivity index (χ3v) is 1.39. The van der Waals surface area contributed by atoms with Crippen molar-refractivity contribution in [2.75, 3.05) is 0 Å². The van der Waals surface area contributed by atoms with Gasteiger partial charge in [-0.3, -0.25) is 9.59 Å². The number of carbonyl (C=O) groups excluding carboxylic acids is 2. The monoisotopic (exact) mass is 170 g/mol. The van der Waals surface area contributed by atoms with Crippen molar-refractivity contribution in [1.82, 2.24) is 0 Å². The molecule has 0 aromatic rings. The maximum Gasteiger partial charge on any atom is 0.224 e. The topological polar surface area (TPSA) is 86.2 Å². The molecule has 0 aromatic carbocycles. The second kappa shape index (κ2) is 5.35. The van der Waals surface area contributed by atoms with Crippen molar-refractivity contribution in [3.05, 3.63) is 12.2 Å². The first kappa shape index (κ1) is 10.7. The highest BCUT2D eigenvalue weighted by Gasteiger charge is 2.13. The third kappa shape index (κ3) is 4.49. The Bertz CT molecular complexity index is 199. The smallest absolute Gasteiger partial charge is 0.224 e. The van der Waals surface area contributed by atoms with Gasteiger partial charge in [0.25, 0.3) is 0 Å². The number of amides is 2. The van der Waals surface area contributed by atoms with E-state index in [1.165, 1.54) is 0 Å². The molecule has 4 heteroatoms. The van der Waals surface area contributed by atoms with Crippen LogP contribution in [0.5, 0.6) is 0 Å². The van der Waals surface area contributed by atoms with Crippen LogP contribution in [0, 0.1) is 5.92 Å². The van der Waals surface area contributed by atoms with E-state index in [2.05, 4.69) is 0 Å². The van der Waals surface area contributed by atoms with Crippen molar-refractivity contribution in [3.8, 4) is 0 Å². The molecule has 4 nitrogen and oxygen atoms in total. The summed E-state index contributed by atoms with van der Waals surface area (Å²) in [6.07, 6.45) is 4.21. The van der Waals surface area contributed by atoms with Crippen LogP contribution in [0.1, 0.15) is 19.8 Å². The molecule has 68 valence electrons. The number of carbonyl (C=O) groups is 2. The summed E-state index contributed by atoms with van der Waals surface area (Å²) in [7, 11) is 0. The Morgan fingerprint density at radius 1 is 1.42 bits per heavy atom. The molecule has 2 amide bonds. The summed E-state index contributed by atoms with van der Waals surface area (Å²) in [6.45, 7) is 1.93. The van der Waals surface area contributed by atoms with Gasteiger partial charge in [0.1, 0.15) is 0 Å². The minimum Gasteiger partial charge on any atom is -0.370 e. The van der Waals surface area contributed by atoms with Gasteiger partial charge < -0.3 is 11.5 Å². The van der Waals surface area contributed by atoms with Crippen LogP contribution in [-0.2, 0) is 9.59 Å². The zero-order valence-corrected chi connectivity index (χ0v) is 7.12. The number of primary amides is 2. The number of hydrogen-bond acceptors (Lipinski definition) is 2. The molecule has 0 aliphatic rings. The fourth-order valence-corrected chi connectivity index (χ4v) is 0.781. The molecule has 0 rings (SSSR count). The van der Waals surface area contributed by atoms with E-state index in [1.54, 1.807) is 12.2 Å². The lowest BCUT2D eigenvalue weighted by Gasteiger charge is -2.04. The first-order chi connectivity index (χ1) is 5.57. The second-order valence-electron chi connectivity index (χ2n) is 2.52. The van der Waals surface area contributed by atoms with Gasteiger partial charge in [-0.15, -0.1) is 0 Å². The molecule has 0 aliphatic heterocycles.